The van der Waals surface area contributed by atoms with E-state index in [9.17, 15) is 18.0 Å². The maximum absolute atomic E-state index is 11.9. The number of amides is 3. The Morgan fingerprint density at radius 2 is 1.93 bits per heavy atom. The Bertz CT molecular complexity index is 819. The van der Waals surface area contributed by atoms with Crippen molar-refractivity contribution in [2.45, 2.75) is 50.0 Å². The Morgan fingerprint density at radius 3 is 2.54 bits per heavy atom. The molecule has 6 N–H and O–H groups in total. The maximum atomic E-state index is 11.9. The molecule has 1 aliphatic rings. The van der Waals surface area contributed by atoms with Crippen molar-refractivity contribution in [1.29, 1.82) is 0 Å². The van der Waals surface area contributed by atoms with E-state index in [1.165, 1.54) is 30.5 Å². The third kappa shape index (κ3) is 7.41. The van der Waals surface area contributed by atoms with Crippen LogP contribution in [-0.2, 0) is 14.8 Å². The van der Waals surface area contributed by atoms with Gasteiger partial charge in [-0.2, -0.15) is 0 Å². The fraction of sp³-hybridized carbons (Fsp3) is 0.474. The molecular weight excluding hydrogens is 380 g/mol. The second kappa shape index (κ2) is 10.4. The van der Waals surface area contributed by atoms with Crippen LogP contribution < -0.4 is 21.1 Å². The Hall–Kier alpha value is -2.23. The number of carbonyl (C=O) groups excluding carboxylic acids is 2. The summed E-state index contributed by atoms with van der Waals surface area (Å²) in [7, 11) is -3.72. The first kappa shape index (κ1) is 22.1. The predicted molar refractivity (Wildman–Crippen MR) is 106 cm³/mol. The van der Waals surface area contributed by atoms with E-state index in [2.05, 4.69) is 16.7 Å². The average Bonchev–Trinajstić information content (AvgIpc) is 2.66. The first-order valence-electron chi connectivity index (χ1n) is 9.47. The van der Waals surface area contributed by atoms with Gasteiger partial charge in [0.15, 0.2) is 6.54 Å². The lowest BCUT2D eigenvalue weighted by Crippen LogP contribution is -2.87. The molecule has 0 spiro atoms. The van der Waals surface area contributed by atoms with Gasteiger partial charge in [-0.15, -0.1) is 0 Å². The number of rotatable bonds is 8. The Kier molecular flexibility index (Phi) is 8.16. The highest BCUT2D eigenvalue weighted by Crippen LogP contribution is 2.19. The molecule has 0 bridgehead atoms. The molecule has 8 nitrogen and oxygen atoms in total. The molecule has 0 radical (unpaired) electrons. The quantitative estimate of drug-likeness (QED) is 0.469. The molecule has 0 fully saturated rings. The summed E-state index contributed by atoms with van der Waals surface area (Å²) in [5.74, 6) is -0.387. The average molecular weight is 410 g/mol. The van der Waals surface area contributed by atoms with E-state index in [1.807, 2.05) is 6.92 Å². The highest BCUT2D eigenvalue weighted by molar-refractivity contribution is 7.89. The lowest BCUT2D eigenvalue weighted by Gasteiger charge is -2.13. The molecule has 154 valence electrons. The van der Waals surface area contributed by atoms with Crippen molar-refractivity contribution in [2.75, 3.05) is 13.1 Å². The lowest BCUT2D eigenvalue weighted by atomic mass is 9.97. The number of quaternary nitrogens is 1. The van der Waals surface area contributed by atoms with Gasteiger partial charge in [0.25, 0.3) is 5.91 Å². The highest BCUT2D eigenvalue weighted by Gasteiger charge is 2.15. The summed E-state index contributed by atoms with van der Waals surface area (Å²) >= 11 is 0. The number of urea groups is 1. The minimum atomic E-state index is -3.72. The molecule has 2 rings (SSSR count). The second-order valence-electron chi connectivity index (χ2n) is 7.00. The van der Waals surface area contributed by atoms with Gasteiger partial charge < -0.3 is 10.6 Å². The number of benzene rings is 1. The fourth-order valence-corrected chi connectivity index (χ4v) is 3.59. The van der Waals surface area contributed by atoms with Crippen LogP contribution in [0.5, 0.6) is 0 Å². The van der Waals surface area contributed by atoms with Crippen molar-refractivity contribution in [2.24, 2.45) is 5.14 Å². The van der Waals surface area contributed by atoms with Crippen LogP contribution in [0.15, 0.2) is 40.8 Å². The normalized spacial score (nSPS) is 15.4. The van der Waals surface area contributed by atoms with E-state index in [0.29, 0.717) is 6.54 Å². The number of imide groups is 1. The van der Waals surface area contributed by atoms with E-state index in [0.717, 1.165) is 24.8 Å². The molecule has 0 saturated heterocycles. The first-order chi connectivity index (χ1) is 13.3. The van der Waals surface area contributed by atoms with Crippen molar-refractivity contribution in [3.8, 4) is 0 Å². The minimum Gasteiger partial charge on any atom is -0.337 e. The molecule has 1 aromatic carbocycles. The molecule has 3 amide bonds. The fourth-order valence-electron chi connectivity index (χ4n) is 3.07. The van der Waals surface area contributed by atoms with Crippen molar-refractivity contribution in [3.05, 3.63) is 41.5 Å². The molecular formula is C19H29N4O4S+. The SMILES string of the molecule is C[C@@H]([NH2+]CC(=O)NC(=O)NCCC1=CCCCC1)c1ccc(S(N)(=O)=O)cc1. The van der Waals surface area contributed by atoms with Gasteiger partial charge in [-0.25, -0.2) is 18.4 Å². The largest absolute Gasteiger partial charge is 0.337 e. The summed E-state index contributed by atoms with van der Waals surface area (Å²) in [5.41, 5.74) is 2.22. The van der Waals surface area contributed by atoms with Crippen LogP contribution in [0.2, 0.25) is 0 Å². The van der Waals surface area contributed by atoms with Crippen LogP contribution in [0, 0.1) is 0 Å². The van der Waals surface area contributed by atoms with Crippen LogP contribution in [-0.4, -0.2) is 33.4 Å². The molecule has 0 aliphatic heterocycles. The third-order valence-corrected chi connectivity index (χ3v) is 5.69. The van der Waals surface area contributed by atoms with Gasteiger partial charge in [0.1, 0.15) is 6.04 Å². The maximum Gasteiger partial charge on any atom is 0.321 e. The molecule has 1 atom stereocenters. The third-order valence-electron chi connectivity index (χ3n) is 4.76. The van der Waals surface area contributed by atoms with Crippen molar-refractivity contribution in [3.63, 3.8) is 0 Å². The number of hydrogen-bond acceptors (Lipinski definition) is 4. The first-order valence-corrected chi connectivity index (χ1v) is 11.0. The summed E-state index contributed by atoms with van der Waals surface area (Å²) in [6.07, 6.45) is 7.69. The van der Waals surface area contributed by atoms with Crippen molar-refractivity contribution in [1.82, 2.24) is 10.6 Å². The van der Waals surface area contributed by atoms with Crippen LogP contribution in [0.4, 0.5) is 4.79 Å². The Balaban J connectivity index is 1.69. The molecule has 0 unspecified atom stereocenters. The predicted octanol–water partition coefficient (Wildman–Crippen LogP) is 0.675. The number of sulfonamides is 1. The van der Waals surface area contributed by atoms with Gasteiger partial charge in [0, 0.05) is 12.1 Å². The van der Waals surface area contributed by atoms with Crippen LogP contribution in [0.1, 0.15) is 50.6 Å². The summed E-state index contributed by atoms with van der Waals surface area (Å²) in [6.45, 7) is 2.48. The molecule has 1 aromatic rings. The van der Waals surface area contributed by atoms with E-state index in [-0.39, 0.29) is 23.4 Å². The van der Waals surface area contributed by atoms with Gasteiger partial charge in [0.2, 0.25) is 10.0 Å². The zero-order valence-corrected chi connectivity index (χ0v) is 16.9. The number of nitrogens with two attached hydrogens (primary N) is 2. The van der Waals surface area contributed by atoms with Gasteiger partial charge in [-0.05, 0) is 51.2 Å². The van der Waals surface area contributed by atoms with Gasteiger partial charge >= 0.3 is 6.03 Å². The number of carbonyl (C=O) groups is 2. The zero-order valence-electron chi connectivity index (χ0n) is 16.1. The second-order valence-corrected chi connectivity index (χ2v) is 8.57. The standard InChI is InChI=1S/C19H28N4O4S/c1-14(16-7-9-17(10-8-16)28(20,26)27)22-13-18(24)23-19(25)21-12-11-15-5-3-2-4-6-15/h5,7-10,14,22H,2-4,6,11-13H2,1H3,(H2,20,26,27)(H2,21,23,24,25)/p+1/t14-/m1/s1. The van der Waals surface area contributed by atoms with E-state index < -0.39 is 16.1 Å². The van der Waals surface area contributed by atoms with Crippen molar-refractivity contribution < 1.29 is 23.3 Å². The highest BCUT2D eigenvalue weighted by atomic mass is 32.2. The molecule has 9 heteroatoms. The number of allylic oxidation sites excluding steroid dienone is 1. The molecule has 0 saturated carbocycles. The molecule has 28 heavy (non-hydrogen) atoms. The van der Waals surface area contributed by atoms with Crippen LogP contribution in [0.25, 0.3) is 0 Å². The number of primary sulfonamides is 1. The van der Waals surface area contributed by atoms with E-state index in [1.54, 1.807) is 17.4 Å². The van der Waals surface area contributed by atoms with Crippen molar-refractivity contribution >= 4 is 22.0 Å². The lowest BCUT2D eigenvalue weighted by molar-refractivity contribution is -0.682. The molecule has 0 aromatic heterocycles. The minimum absolute atomic E-state index is 0.0434. The number of nitrogens with one attached hydrogen (secondary N) is 2. The molecule has 0 heterocycles. The van der Waals surface area contributed by atoms with Crippen LogP contribution in [0.3, 0.4) is 0 Å². The smallest absolute Gasteiger partial charge is 0.321 e. The topological polar surface area (TPSA) is 135 Å². The van der Waals surface area contributed by atoms with Crippen LogP contribution >= 0.6 is 0 Å². The van der Waals surface area contributed by atoms with E-state index >= 15 is 0 Å². The summed E-state index contributed by atoms with van der Waals surface area (Å²) in [5, 5.41) is 11.9. The summed E-state index contributed by atoms with van der Waals surface area (Å²) in [6, 6.07) is 5.62. The monoisotopic (exact) mass is 409 g/mol. The Labute approximate surface area is 166 Å². The zero-order chi connectivity index (χ0) is 20.6. The summed E-state index contributed by atoms with van der Waals surface area (Å²) in [4.78, 5) is 23.8. The van der Waals surface area contributed by atoms with Gasteiger partial charge in [-0.1, -0.05) is 23.8 Å². The molecule has 1 aliphatic carbocycles. The van der Waals surface area contributed by atoms with E-state index in [4.69, 9.17) is 5.14 Å². The van der Waals surface area contributed by atoms with Gasteiger partial charge in [0.05, 0.1) is 4.90 Å². The Morgan fingerprint density at radius 1 is 1.21 bits per heavy atom. The van der Waals surface area contributed by atoms with Gasteiger partial charge in [-0.3, -0.25) is 10.1 Å². The number of hydrogen-bond donors (Lipinski definition) is 4. The summed E-state index contributed by atoms with van der Waals surface area (Å²) < 4.78 is 22.5.